The molecule has 0 N–H and O–H groups in total. The number of hydrogen-bond acceptors (Lipinski definition) is 0. The van der Waals surface area contributed by atoms with E-state index in [1.54, 1.807) is 0 Å². The monoisotopic (exact) mass is 522 g/mol. The molecule has 0 spiro atoms. The van der Waals surface area contributed by atoms with Crippen molar-refractivity contribution < 1.29 is 0 Å². The van der Waals surface area contributed by atoms with Gasteiger partial charge in [0.2, 0.25) is 0 Å². The average Bonchev–Trinajstić information content (AvgIpc) is 3.05. The van der Waals surface area contributed by atoms with Crippen LogP contribution in [-0.2, 0) is 0 Å². The van der Waals surface area contributed by atoms with Gasteiger partial charge < -0.3 is 0 Å². The van der Waals surface area contributed by atoms with Gasteiger partial charge in [0.15, 0.2) is 0 Å². The first-order chi connectivity index (χ1) is 20.2. The zero-order valence-corrected chi connectivity index (χ0v) is 23.1. The summed E-state index contributed by atoms with van der Waals surface area (Å²) in [6.07, 6.45) is 0. The van der Waals surface area contributed by atoms with Crippen LogP contribution >= 0.6 is 0 Å². The van der Waals surface area contributed by atoms with Gasteiger partial charge in [0, 0.05) is 0 Å². The van der Waals surface area contributed by atoms with Crippen LogP contribution < -0.4 is 0 Å². The predicted molar refractivity (Wildman–Crippen MR) is 176 cm³/mol. The molecule has 0 nitrogen and oxygen atoms in total. The minimum absolute atomic E-state index is 1.22. The topological polar surface area (TPSA) is 0 Å². The first-order valence-corrected chi connectivity index (χ1v) is 14.2. The van der Waals surface area contributed by atoms with Crippen LogP contribution in [0.2, 0.25) is 0 Å². The van der Waals surface area contributed by atoms with Crippen LogP contribution in [-0.4, -0.2) is 0 Å². The maximum atomic E-state index is 2.31. The second kappa shape index (κ2) is 10.8. The van der Waals surface area contributed by atoms with Gasteiger partial charge in [-0.3, -0.25) is 0 Å². The van der Waals surface area contributed by atoms with E-state index >= 15 is 0 Å². The summed E-state index contributed by atoms with van der Waals surface area (Å²) in [5, 5.41) is 2.53. The van der Waals surface area contributed by atoms with Crippen molar-refractivity contribution >= 4 is 10.8 Å². The van der Waals surface area contributed by atoms with Crippen molar-refractivity contribution in [1.82, 2.24) is 0 Å². The molecule has 0 fully saturated rings. The molecule has 0 heterocycles. The highest BCUT2D eigenvalue weighted by Crippen LogP contribution is 2.33. The van der Waals surface area contributed by atoms with Crippen LogP contribution in [0.25, 0.3) is 66.4 Å². The molecule has 0 aliphatic carbocycles. The third-order valence-electron chi connectivity index (χ3n) is 7.88. The standard InChI is InChI=1S/C41H30/c1-29-9-4-12-31(23-29)33-13-5-14-34(25-33)35-15-6-16-36(26-35)37-17-7-18-38(27-37)39-19-8-20-40(28-39)41-22-21-30-10-2-3-11-32(30)24-41/h2-28H,1H3. The van der Waals surface area contributed by atoms with E-state index < -0.39 is 0 Å². The molecule has 0 atom stereocenters. The van der Waals surface area contributed by atoms with Crippen LogP contribution in [0.5, 0.6) is 0 Å². The third-order valence-corrected chi connectivity index (χ3v) is 7.88. The van der Waals surface area contributed by atoms with Crippen molar-refractivity contribution in [2.45, 2.75) is 6.92 Å². The van der Waals surface area contributed by atoms with Crippen LogP contribution in [0.15, 0.2) is 164 Å². The Kier molecular flexibility index (Phi) is 6.51. The largest absolute Gasteiger partial charge is 0.0616 e. The summed E-state index contributed by atoms with van der Waals surface area (Å²) < 4.78 is 0. The molecule has 0 aliphatic heterocycles. The number of benzene rings is 7. The number of aryl methyl sites for hydroxylation is 1. The second-order valence-electron chi connectivity index (χ2n) is 10.8. The lowest BCUT2D eigenvalue weighted by Gasteiger charge is -2.11. The molecular weight excluding hydrogens is 492 g/mol. The molecule has 194 valence electrons. The molecule has 0 aromatic heterocycles. The molecule has 0 radical (unpaired) electrons. The highest BCUT2D eigenvalue weighted by atomic mass is 14.1. The highest BCUT2D eigenvalue weighted by Gasteiger charge is 2.08. The Labute approximate surface area is 242 Å². The molecule has 0 saturated carbocycles. The molecule has 7 aromatic rings. The Hall–Kier alpha value is -5.20. The van der Waals surface area contributed by atoms with E-state index in [2.05, 4.69) is 171 Å². The van der Waals surface area contributed by atoms with Gasteiger partial charge in [0.1, 0.15) is 0 Å². The van der Waals surface area contributed by atoms with Gasteiger partial charge in [-0.05, 0) is 104 Å². The van der Waals surface area contributed by atoms with Gasteiger partial charge in [-0.1, -0.05) is 139 Å². The van der Waals surface area contributed by atoms with Crippen molar-refractivity contribution in [3.05, 3.63) is 169 Å². The zero-order valence-electron chi connectivity index (χ0n) is 23.1. The van der Waals surface area contributed by atoms with Gasteiger partial charge in [0.05, 0.1) is 0 Å². The first-order valence-electron chi connectivity index (χ1n) is 14.2. The molecule has 0 heteroatoms. The molecular formula is C41H30. The lowest BCUT2D eigenvalue weighted by molar-refractivity contribution is 1.47. The Morgan fingerprint density at radius 1 is 0.244 bits per heavy atom. The van der Waals surface area contributed by atoms with E-state index in [-0.39, 0.29) is 0 Å². The summed E-state index contributed by atoms with van der Waals surface area (Å²) in [5.74, 6) is 0. The maximum Gasteiger partial charge on any atom is -0.0177 e. The van der Waals surface area contributed by atoms with Crippen LogP contribution in [0.4, 0.5) is 0 Å². The van der Waals surface area contributed by atoms with Crippen LogP contribution in [0.3, 0.4) is 0 Å². The molecule has 7 aromatic carbocycles. The molecule has 7 rings (SSSR count). The molecule has 0 saturated heterocycles. The highest BCUT2D eigenvalue weighted by molar-refractivity contribution is 5.88. The molecule has 0 aliphatic rings. The van der Waals surface area contributed by atoms with Crippen molar-refractivity contribution in [1.29, 1.82) is 0 Å². The van der Waals surface area contributed by atoms with Gasteiger partial charge in [-0.2, -0.15) is 0 Å². The molecule has 0 amide bonds. The fourth-order valence-electron chi connectivity index (χ4n) is 5.71. The minimum atomic E-state index is 1.22. The zero-order chi connectivity index (χ0) is 27.6. The normalized spacial score (nSPS) is 11.0. The maximum absolute atomic E-state index is 2.31. The lowest BCUT2D eigenvalue weighted by atomic mass is 9.93. The van der Waals surface area contributed by atoms with E-state index in [4.69, 9.17) is 0 Å². The summed E-state index contributed by atoms with van der Waals surface area (Å²) in [6.45, 7) is 2.14. The van der Waals surface area contributed by atoms with Crippen LogP contribution in [0, 0.1) is 6.92 Å². The number of fused-ring (bicyclic) bond motifs is 1. The average molecular weight is 523 g/mol. The van der Waals surface area contributed by atoms with Gasteiger partial charge in [-0.15, -0.1) is 0 Å². The summed E-state index contributed by atoms with van der Waals surface area (Å²) in [6, 6.07) is 59.4. The summed E-state index contributed by atoms with van der Waals surface area (Å²) in [4.78, 5) is 0. The van der Waals surface area contributed by atoms with Crippen molar-refractivity contribution in [3.63, 3.8) is 0 Å². The second-order valence-corrected chi connectivity index (χ2v) is 10.8. The third kappa shape index (κ3) is 5.21. The quantitative estimate of drug-likeness (QED) is 0.211. The van der Waals surface area contributed by atoms with Crippen LogP contribution in [0.1, 0.15) is 5.56 Å². The van der Waals surface area contributed by atoms with E-state index in [9.17, 15) is 0 Å². The summed E-state index contributed by atoms with van der Waals surface area (Å²) in [5.41, 5.74) is 13.6. The van der Waals surface area contributed by atoms with E-state index in [1.165, 1.54) is 72.0 Å². The Morgan fingerprint density at radius 3 is 1.00 bits per heavy atom. The predicted octanol–water partition coefficient (Wildman–Crippen LogP) is 11.5. The van der Waals surface area contributed by atoms with E-state index in [0.717, 1.165) is 0 Å². The Bertz CT molecular complexity index is 2010. The SMILES string of the molecule is Cc1cccc(-c2cccc(-c3cccc(-c4cccc(-c5cccc(-c6ccc7ccccc7c6)c5)c4)c3)c2)c1. The lowest BCUT2D eigenvalue weighted by Crippen LogP contribution is -1.85. The van der Waals surface area contributed by atoms with Gasteiger partial charge >= 0.3 is 0 Å². The molecule has 41 heavy (non-hydrogen) atoms. The van der Waals surface area contributed by atoms with E-state index in [1.807, 2.05) is 0 Å². The number of rotatable bonds is 5. The molecule has 0 unspecified atom stereocenters. The fourth-order valence-corrected chi connectivity index (χ4v) is 5.71. The Balaban J connectivity index is 1.21. The molecule has 0 bridgehead atoms. The first kappa shape index (κ1) is 24.8. The van der Waals surface area contributed by atoms with Crippen molar-refractivity contribution in [2.75, 3.05) is 0 Å². The Morgan fingerprint density at radius 2 is 0.585 bits per heavy atom. The van der Waals surface area contributed by atoms with Crippen molar-refractivity contribution in [3.8, 4) is 55.6 Å². The van der Waals surface area contributed by atoms with Crippen molar-refractivity contribution in [2.24, 2.45) is 0 Å². The van der Waals surface area contributed by atoms with Gasteiger partial charge in [0.25, 0.3) is 0 Å². The summed E-state index contributed by atoms with van der Waals surface area (Å²) >= 11 is 0. The van der Waals surface area contributed by atoms with E-state index in [0.29, 0.717) is 0 Å². The fraction of sp³-hybridized carbons (Fsp3) is 0.0244. The number of hydrogen-bond donors (Lipinski definition) is 0. The smallest absolute Gasteiger partial charge is 0.0177 e. The van der Waals surface area contributed by atoms with Gasteiger partial charge in [-0.25, -0.2) is 0 Å². The minimum Gasteiger partial charge on any atom is -0.0616 e. The summed E-state index contributed by atoms with van der Waals surface area (Å²) in [7, 11) is 0.